The minimum atomic E-state index is -1.07. The molecule has 2 N–H and O–H groups in total. The van der Waals surface area contributed by atoms with Gasteiger partial charge in [-0.05, 0) is 42.7 Å². The maximum Gasteiger partial charge on any atom is 0.279 e. The molecule has 2 aliphatic heterocycles. The third-order valence-corrected chi connectivity index (χ3v) is 6.67. The summed E-state index contributed by atoms with van der Waals surface area (Å²) in [5.41, 5.74) is -0.774. The zero-order valence-electron chi connectivity index (χ0n) is 17.9. The van der Waals surface area contributed by atoms with E-state index in [1.807, 2.05) is 0 Å². The lowest BCUT2D eigenvalue weighted by atomic mass is 10.0. The molecule has 35 heavy (non-hydrogen) atoms. The fourth-order valence-electron chi connectivity index (χ4n) is 4.54. The monoisotopic (exact) mass is 503 g/mol. The number of halogens is 4. The van der Waals surface area contributed by atoms with E-state index in [1.165, 1.54) is 33.9 Å². The molecule has 2 bridgehead atoms. The van der Waals surface area contributed by atoms with Crippen molar-refractivity contribution in [3.05, 3.63) is 91.6 Å². The summed E-state index contributed by atoms with van der Waals surface area (Å²) in [4.78, 5) is 40.2. The van der Waals surface area contributed by atoms with Gasteiger partial charge in [-0.1, -0.05) is 17.7 Å². The number of aromatic nitrogens is 1. The standard InChI is InChI=1S/C24H17ClF3N3O4/c25-18-16(27)5-2-12(19(18)28)8-29-23(34)15-10-30-14-4-1-11-7-13(26)3-6-17(11)31(9-14)24(35)20(30)22(33)21(15)32/h2-3,5-7,10,14,33H,1,4,8-9H2,(H,29,34)/t14-/m1/s1. The number of hydrogen-bond acceptors (Lipinski definition) is 4. The van der Waals surface area contributed by atoms with E-state index in [0.29, 0.717) is 24.1 Å². The Kier molecular flexibility index (Phi) is 5.55. The van der Waals surface area contributed by atoms with Crippen LogP contribution in [-0.2, 0) is 13.0 Å². The summed E-state index contributed by atoms with van der Waals surface area (Å²) in [6.45, 7) is -0.198. The van der Waals surface area contributed by atoms with Crippen LogP contribution in [0.4, 0.5) is 18.9 Å². The van der Waals surface area contributed by atoms with Crippen LogP contribution in [0.1, 0.15) is 44.4 Å². The zero-order valence-corrected chi connectivity index (χ0v) is 18.7. The summed E-state index contributed by atoms with van der Waals surface area (Å²) in [5.74, 6) is -4.91. The molecule has 2 aromatic carbocycles. The zero-order chi connectivity index (χ0) is 25.0. The van der Waals surface area contributed by atoms with E-state index in [1.54, 1.807) is 0 Å². The van der Waals surface area contributed by atoms with Crippen LogP contribution in [0, 0.1) is 17.5 Å². The summed E-state index contributed by atoms with van der Waals surface area (Å²) in [7, 11) is 0. The topological polar surface area (TPSA) is 91.6 Å². The molecule has 0 radical (unpaired) electrons. The molecule has 1 aromatic heterocycles. The van der Waals surface area contributed by atoms with Crippen molar-refractivity contribution >= 4 is 29.1 Å². The molecule has 0 unspecified atom stereocenters. The van der Waals surface area contributed by atoms with Crippen LogP contribution in [-0.4, -0.2) is 28.0 Å². The van der Waals surface area contributed by atoms with Crippen molar-refractivity contribution in [2.75, 3.05) is 11.4 Å². The van der Waals surface area contributed by atoms with Crippen molar-refractivity contribution in [1.29, 1.82) is 0 Å². The number of nitrogens with zero attached hydrogens (tertiary/aromatic N) is 2. The van der Waals surface area contributed by atoms with E-state index >= 15 is 0 Å². The molecule has 0 saturated carbocycles. The highest BCUT2D eigenvalue weighted by Gasteiger charge is 2.38. The normalized spacial score (nSPS) is 16.4. The molecule has 2 amide bonds. The average molecular weight is 504 g/mol. The van der Waals surface area contributed by atoms with Crippen molar-refractivity contribution in [3.8, 4) is 5.75 Å². The summed E-state index contributed by atoms with van der Waals surface area (Å²) in [5, 5.41) is 12.3. The number of fused-ring (bicyclic) bond motifs is 6. The highest BCUT2D eigenvalue weighted by Crippen LogP contribution is 2.37. The van der Waals surface area contributed by atoms with Crippen LogP contribution in [0.15, 0.2) is 41.3 Å². The summed E-state index contributed by atoms with van der Waals surface area (Å²) in [6.07, 6.45) is 2.08. The van der Waals surface area contributed by atoms with Gasteiger partial charge in [0, 0.05) is 30.5 Å². The molecule has 11 heteroatoms. The first-order valence-corrected chi connectivity index (χ1v) is 11.0. The molecule has 0 aliphatic carbocycles. The Bertz CT molecular complexity index is 1470. The second-order valence-electron chi connectivity index (χ2n) is 8.37. The summed E-state index contributed by atoms with van der Waals surface area (Å²) >= 11 is 5.55. The highest BCUT2D eigenvalue weighted by atomic mass is 35.5. The number of nitrogens with one attached hydrogen (secondary N) is 1. The lowest BCUT2D eigenvalue weighted by Gasteiger charge is -2.35. The average Bonchev–Trinajstić information content (AvgIpc) is 3.00. The Morgan fingerprint density at radius 2 is 1.94 bits per heavy atom. The van der Waals surface area contributed by atoms with Gasteiger partial charge in [-0.3, -0.25) is 14.4 Å². The van der Waals surface area contributed by atoms with Gasteiger partial charge in [-0.15, -0.1) is 0 Å². The van der Waals surface area contributed by atoms with Crippen LogP contribution in [0.5, 0.6) is 5.75 Å². The van der Waals surface area contributed by atoms with E-state index < -0.39 is 63.6 Å². The first-order chi connectivity index (χ1) is 16.7. The molecule has 0 spiro atoms. The second kappa shape index (κ2) is 8.46. The maximum atomic E-state index is 14.1. The fraction of sp³-hybridized carbons (Fsp3) is 0.208. The molecular weight excluding hydrogens is 487 g/mol. The SMILES string of the molecule is O=C(NCc1ccc(F)c(Cl)c1F)c1cn2c(c(O)c1=O)C(=O)N1C[C@H]2CCc2cc(F)ccc21. The van der Waals surface area contributed by atoms with Gasteiger partial charge in [0.15, 0.2) is 11.4 Å². The second-order valence-corrected chi connectivity index (χ2v) is 8.75. The van der Waals surface area contributed by atoms with Crippen molar-refractivity contribution in [2.45, 2.75) is 25.4 Å². The molecule has 2 aliphatic rings. The van der Waals surface area contributed by atoms with Gasteiger partial charge in [-0.2, -0.15) is 0 Å². The number of aromatic hydroxyl groups is 1. The van der Waals surface area contributed by atoms with Gasteiger partial charge in [0.25, 0.3) is 11.8 Å². The molecule has 180 valence electrons. The quantitative estimate of drug-likeness (QED) is 0.533. The molecular formula is C24H17ClF3N3O4. The van der Waals surface area contributed by atoms with Gasteiger partial charge < -0.3 is 19.9 Å². The molecule has 7 nitrogen and oxygen atoms in total. The molecule has 3 heterocycles. The number of carbonyl (C=O) groups excluding carboxylic acids is 2. The predicted octanol–water partition coefficient (Wildman–Crippen LogP) is 3.70. The molecule has 3 aromatic rings. The number of rotatable bonds is 3. The van der Waals surface area contributed by atoms with Crippen LogP contribution >= 0.6 is 11.6 Å². The largest absolute Gasteiger partial charge is 0.503 e. The maximum absolute atomic E-state index is 14.1. The smallest absolute Gasteiger partial charge is 0.279 e. The van der Waals surface area contributed by atoms with Crippen molar-refractivity contribution in [3.63, 3.8) is 0 Å². The molecule has 0 fully saturated rings. The van der Waals surface area contributed by atoms with Gasteiger partial charge in [0.05, 0.1) is 6.04 Å². The first-order valence-electron chi connectivity index (χ1n) is 10.7. The number of aryl methyl sites for hydroxylation is 1. The van der Waals surface area contributed by atoms with Crippen LogP contribution in [0.3, 0.4) is 0 Å². The lowest BCUT2D eigenvalue weighted by Crippen LogP contribution is -2.44. The lowest BCUT2D eigenvalue weighted by molar-refractivity contribution is 0.0929. The molecule has 1 atom stereocenters. The Morgan fingerprint density at radius 1 is 1.17 bits per heavy atom. The van der Waals surface area contributed by atoms with Crippen molar-refractivity contribution < 1.29 is 27.9 Å². The van der Waals surface area contributed by atoms with Crippen molar-refractivity contribution in [1.82, 2.24) is 9.88 Å². The number of anilines is 1. The predicted molar refractivity (Wildman–Crippen MR) is 120 cm³/mol. The number of carbonyl (C=O) groups is 2. The minimum Gasteiger partial charge on any atom is -0.503 e. The fourth-order valence-corrected chi connectivity index (χ4v) is 4.73. The Hall–Kier alpha value is -3.79. The molecule has 0 saturated heterocycles. The molecule has 5 rings (SSSR count). The Morgan fingerprint density at radius 3 is 2.71 bits per heavy atom. The Labute approximate surface area is 201 Å². The van der Waals surface area contributed by atoms with E-state index in [0.717, 1.165) is 12.1 Å². The summed E-state index contributed by atoms with van der Waals surface area (Å²) < 4.78 is 42.7. The van der Waals surface area contributed by atoms with E-state index in [-0.39, 0.29) is 17.8 Å². The van der Waals surface area contributed by atoms with Gasteiger partial charge in [0.1, 0.15) is 28.0 Å². The van der Waals surface area contributed by atoms with Gasteiger partial charge in [0.2, 0.25) is 5.43 Å². The third-order valence-electron chi connectivity index (χ3n) is 6.32. The Balaban J connectivity index is 1.49. The third kappa shape index (κ3) is 3.74. The van der Waals surface area contributed by atoms with Crippen LogP contribution < -0.4 is 15.6 Å². The number of amides is 2. The minimum absolute atomic E-state index is 0.105. The summed E-state index contributed by atoms with van der Waals surface area (Å²) in [6, 6.07) is 5.71. The number of hydrogen-bond donors (Lipinski definition) is 2. The first kappa shape index (κ1) is 23.0. The number of pyridine rings is 1. The van der Waals surface area contributed by atoms with Gasteiger partial charge in [-0.25, -0.2) is 13.2 Å². The van der Waals surface area contributed by atoms with E-state index in [4.69, 9.17) is 11.6 Å². The van der Waals surface area contributed by atoms with Crippen molar-refractivity contribution in [2.24, 2.45) is 0 Å². The van der Waals surface area contributed by atoms with Crippen LogP contribution in [0.2, 0.25) is 5.02 Å². The van der Waals surface area contributed by atoms with E-state index in [2.05, 4.69) is 5.32 Å². The van der Waals surface area contributed by atoms with Crippen LogP contribution in [0.25, 0.3) is 0 Å². The van der Waals surface area contributed by atoms with E-state index in [9.17, 15) is 32.7 Å². The number of benzene rings is 2. The highest BCUT2D eigenvalue weighted by molar-refractivity contribution is 6.31. The van der Waals surface area contributed by atoms with Gasteiger partial charge >= 0.3 is 0 Å².